The second kappa shape index (κ2) is 7.65. The van der Waals surface area contributed by atoms with Gasteiger partial charge in [0.15, 0.2) is 5.76 Å². The normalized spacial score (nSPS) is 15.0. The lowest BCUT2D eigenvalue weighted by atomic mass is 10.1. The fourth-order valence-corrected chi connectivity index (χ4v) is 3.41. The second-order valence-corrected chi connectivity index (χ2v) is 6.77. The van der Waals surface area contributed by atoms with Crippen molar-refractivity contribution in [2.24, 2.45) is 0 Å². The first-order chi connectivity index (χ1) is 12.8. The molecule has 0 aliphatic carbocycles. The molecule has 1 saturated heterocycles. The summed E-state index contributed by atoms with van der Waals surface area (Å²) in [6.07, 6.45) is 4.55. The molecule has 0 N–H and O–H groups in total. The van der Waals surface area contributed by atoms with Crippen LogP contribution >= 0.6 is 0 Å². The van der Waals surface area contributed by atoms with Crippen LogP contribution in [0, 0.1) is 0 Å². The molecule has 26 heavy (non-hydrogen) atoms. The van der Waals surface area contributed by atoms with E-state index in [2.05, 4.69) is 12.1 Å². The maximum Gasteiger partial charge on any atom is 0.289 e. The van der Waals surface area contributed by atoms with Gasteiger partial charge >= 0.3 is 0 Å². The summed E-state index contributed by atoms with van der Waals surface area (Å²) in [4.78, 5) is 14.5. The number of carbonyl (C=O) groups excluding carboxylic acids is 1. The van der Waals surface area contributed by atoms with Crippen LogP contribution in [0.15, 0.2) is 59.0 Å². The molecule has 0 bridgehead atoms. The first kappa shape index (κ1) is 16.7. The molecule has 3 aromatic rings. The van der Waals surface area contributed by atoms with E-state index in [0.29, 0.717) is 18.1 Å². The Morgan fingerprint density at radius 2 is 1.69 bits per heavy atom. The summed E-state index contributed by atoms with van der Waals surface area (Å²) in [6.45, 7) is 1.95. The van der Waals surface area contributed by atoms with Gasteiger partial charge in [-0.05, 0) is 47.9 Å². The highest BCUT2D eigenvalue weighted by atomic mass is 16.5. The molecule has 2 aromatic carbocycles. The standard InChI is InChI=1S/C22H23NO3/c24-22(23-13-5-1-2-6-14-23)21-12-11-20(26-21)16-25-19-10-9-17-7-3-4-8-18(17)15-19/h3-4,7-12,15H,1-2,5-6,13-14,16H2. The van der Waals surface area contributed by atoms with Crippen molar-refractivity contribution in [3.63, 3.8) is 0 Å². The van der Waals surface area contributed by atoms with Crippen LogP contribution in [0.3, 0.4) is 0 Å². The van der Waals surface area contributed by atoms with E-state index in [1.807, 2.05) is 41.3 Å². The van der Waals surface area contributed by atoms with E-state index in [-0.39, 0.29) is 5.91 Å². The number of fused-ring (bicyclic) bond motifs is 1. The Labute approximate surface area is 153 Å². The fraction of sp³-hybridized carbons (Fsp3) is 0.318. The van der Waals surface area contributed by atoms with Crippen molar-refractivity contribution in [3.8, 4) is 5.75 Å². The Morgan fingerprint density at radius 1 is 0.923 bits per heavy atom. The summed E-state index contributed by atoms with van der Waals surface area (Å²) in [5.74, 6) is 1.85. The molecule has 4 nitrogen and oxygen atoms in total. The summed E-state index contributed by atoms with van der Waals surface area (Å²) in [5.41, 5.74) is 0. The van der Waals surface area contributed by atoms with Crippen LogP contribution < -0.4 is 4.74 Å². The molecule has 0 saturated carbocycles. The summed E-state index contributed by atoms with van der Waals surface area (Å²) < 4.78 is 11.6. The predicted molar refractivity (Wildman–Crippen MR) is 101 cm³/mol. The van der Waals surface area contributed by atoms with Gasteiger partial charge in [0.2, 0.25) is 0 Å². The first-order valence-corrected chi connectivity index (χ1v) is 9.29. The zero-order valence-electron chi connectivity index (χ0n) is 14.8. The van der Waals surface area contributed by atoms with Crippen LogP contribution in [0.2, 0.25) is 0 Å². The van der Waals surface area contributed by atoms with Gasteiger partial charge < -0.3 is 14.1 Å². The van der Waals surface area contributed by atoms with Crippen LogP contribution in [-0.2, 0) is 6.61 Å². The largest absolute Gasteiger partial charge is 0.486 e. The van der Waals surface area contributed by atoms with Crippen molar-refractivity contribution in [2.75, 3.05) is 13.1 Å². The van der Waals surface area contributed by atoms with Crippen molar-refractivity contribution in [1.82, 2.24) is 4.90 Å². The fourth-order valence-electron chi connectivity index (χ4n) is 3.41. The lowest BCUT2D eigenvalue weighted by molar-refractivity contribution is 0.0725. The lowest BCUT2D eigenvalue weighted by Crippen LogP contribution is -2.31. The molecule has 1 aliphatic rings. The van der Waals surface area contributed by atoms with Gasteiger partial charge in [0.25, 0.3) is 5.91 Å². The van der Waals surface area contributed by atoms with E-state index < -0.39 is 0 Å². The highest BCUT2D eigenvalue weighted by Crippen LogP contribution is 2.22. The van der Waals surface area contributed by atoms with Crippen molar-refractivity contribution < 1.29 is 13.9 Å². The van der Waals surface area contributed by atoms with E-state index in [1.54, 1.807) is 6.07 Å². The highest BCUT2D eigenvalue weighted by molar-refractivity contribution is 5.91. The van der Waals surface area contributed by atoms with E-state index in [4.69, 9.17) is 9.15 Å². The van der Waals surface area contributed by atoms with Crippen molar-refractivity contribution >= 4 is 16.7 Å². The summed E-state index contributed by atoms with van der Waals surface area (Å²) in [7, 11) is 0. The smallest absolute Gasteiger partial charge is 0.289 e. The van der Waals surface area contributed by atoms with Gasteiger partial charge in [-0.25, -0.2) is 0 Å². The second-order valence-electron chi connectivity index (χ2n) is 6.77. The number of carbonyl (C=O) groups is 1. The van der Waals surface area contributed by atoms with Gasteiger partial charge in [-0.3, -0.25) is 4.79 Å². The summed E-state index contributed by atoms with van der Waals surface area (Å²) >= 11 is 0. The molecule has 0 radical (unpaired) electrons. The number of hydrogen-bond donors (Lipinski definition) is 0. The van der Waals surface area contributed by atoms with Crippen LogP contribution in [0.1, 0.15) is 42.0 Å². The Morgan fingerprint density at radius 3 is 2.50 bits per heavy atom. The molecule has 0 unspecified atom stereocenters. The maximum absolute atomic E-state index is 12.6. The average molecular weight is 349 g/mol. The number of hydrogen-bond acceptors (Lipinski definition) is 3. The van der Waals surface area contributed by atoms with Crippen molar-refractivity contribution in [1.29, 1.82) is 0 Å². The molecule has 134 valence electrons. The molecule has 4 rings (SSSR count). The molecule has 0 atom stereocenters. The predicted octanol–water partition coefficient (Wildman–Crippen LogP) is 5.03. The van der Waals surface area contributed by atoms with E-state index >= 15 is 0 Å². The number of furan rings is 1. The van der Waals surface area contributed by atoms with E-state index in [9.17, 15) is 4.79 Å². The third-order valence-electron chi connectivity index (χ3n) is 4.87. The third-order valence-corrected chi connectivity index (χ3v) is 4.87. The van der Waals surface area contributed by atoms with Crippen LogP contribution in [0.4, 0.5) is 0 Å². The van der Waals surface area contributed by atoms with E-state index in [1.165, 1.54) is 18.2 Å². The Bertz CT molecular complexity index is 891. The minimum Gasteiger partial charge on any atom is -0.486 e. The number of rotatable bonds is 4. The minimum absolute atomic E-state index is 0.0103. The topological polar surface area (TPSA) is 42.7 Å². The van der Waals surface area contributed by atoms with Gasteiger partial charge in [0, 0.05) is 13.1 Å². The SMILES string of the molecule is O=C(c1ccc(COc2ccc3ccccc3c2)o1)N1CCCCCC1. The monoisotopic (exact) mass is 349 g/mol. The number of benzene rings is 2. The number of nitrogens with zero attached hydrogens (tertiary/aromatic N) is 1. The van der Waals surface area contributed by atoms with Gasteiger partial charge in [-0.15, -0.1) is 0 Å². The van der Waals surface area contributed by atoms with Gasteiger partial charge in [-0.2, -0.15) is 0 Å². The maximum atomic E-state index is 12.6. The molecule has 0 spiro atoms. The van der Waals surface area contributed by atoms with Gasteiger partial charge in [0.05, 0.1) is 0 Å². The number of likely N-dealkylation sites (tertiary alicyclic amines) is 1. The van der Waals surface area contributed by atoms with Crippen LogP contribution in [-0.4, -0.2) is 23.9 Å². The number of amides is 1. The minimum atomic E-state index is -0.0103. The average Bonchev–Trinajstić information content (AvgIpc) is 2.99. The Balaban J connectivity index is 1.40. The molecule has 1 aromatic heterocycles. The van der Waals surface area contributed by atoms with Gasteiger partial charge in [0.1, 0.15) is 18.1 Å². The first-order valence-electron chi connectivity index (χ1n) is 9.29. The molecule has 2 heterocycles. The van der Waals surface area contributed by atoms with Crippen molar-refractivity contribution in [2.45, 2.75) is 32.3 Å². The van der Waals surface area contributed by atoms with Crippen LogP contribution in [0.25, 0.3) is 10.8 Å². The molecule has 1 amide bonds. The molecular formula is C22H23NO3. The zero-order chi connectivity index (χ0) is 17.8. The van der Waals surface area contributed by atoms with Gasteiger partial charge in [-0.1, -0.05) is 43.2 Å². The summed E-state index contributed by atoms with van der Waals surface area (Å²) in [6, 6.07) is 17.8. The number of ether oxygens (including phenoxy) is 1. The van der Waals surface area contributed by atoms with E-state index in [0.717, 1.165) is 37.1 Å². The van der Waals surface area contributed by atoms with Crippen molar-refractivity contribution in [3.05, 3.63) is 66.1 Å². The third kappa shape index (κ3) is 3.74. The molecule has 1 aliphatic heterocycles. The lowest BCUT2D eigenvalue weighted by Gasteiger charge is -2.18. The highest BCUT2D eigenvalue weighted by Gasteiger charge is 2.20. The Kier molecular flexibility index (Phi) is 4.91. The molecule has 4 heteroatoms. The summed E-state index contributed by atoms with van der Waals surface area (Å²) in [5, 5.41) is 2.32. The zero-order valence-corrected chi connectivity index (χ0v) is 14.8. The Hall–Kier alpha value is -2.75. The van der Waals surface area contributed by atoms with Crippen LogP contribution in [0.5, 0.6) is 5.75 Å². The quantitative estimate of drug-likeness (QED) is 0.663. The molecular weight excluding hydrogens is 326 g/mol. The molecule has 1 fully saturated rings.